The summed E-state index contributed by atoms with van der Waals surface area (Å²) in [5, 5.41) is 3.49. The molecule has 0 aliphatic heterocycles. The van der Waals surface area contributed by atoms with Gasteiger partial charge in [-0.05, 0) is 42.3 Å². The van der Waals surface area contributed by atoms with E-state index in [0.717, 1.165) is 11.3 Å². The first-order valence-corrected chi connectivity index (χ1v) is 13.2. The minimum Gasteiger partial charge on any atom is -0.227 e. The van der Waals surface area contributed by atoms with Gasteiger partial charge in [-0.15, -0.1) is 22.7 Å². The van der Waals surface area contributed by atoms with Crippen LogP contribution < -0.4 is 0 Å². The van der Waals surface area contributed by atoms with E-state index in [9.17, 15) is 16.8 Å². The second kappa shape index (κ2) is 7.50. The van der Waals surface area contributed by atoms with Gasteiger partial charge in [0.2, 0.25) is 0 Å². The Morgan fingerprint density at radius 1 is 0.852 bits per heavy atom. The molecule has 0 spiro atoms. The maximum Gasteiger partial charge on any atom is 0.198 e. The van der Waals surface area contributed by atoms with Gasteiger partial charge in [0.1, 0.15) is 0 Å². The lowest BCUT2D eigenvalue weighted by molar-refractivity contribution is 0.546. The van der Waals surface area contributed by atoms with Crippen LogP contribution in [0.4, 0.5) is 0 Å². The fourth-order valence-electron chi connectivity index (χ4n) is 2.89. The van der Waals surface area contributed by atoms with Crippen molar-refractivity contribution >= 4 is 42.3 Å². The van der Waals surface area contributed by atoms with Crippen molar-refractivity contribution in [3.05, 3.63) is 80.7 Å². The molecule has 2 aromatic heterocycles. The minimum atomic E-state index is -4.11. The molecule has 0 fully saturated rings. The van der Waals surface area contributed by atoms with Crippen LogP contribution in [-0.2, 0) is 30.2 Å². The summed E-state index contributed by atoms with van der Waals surface area (Å²) in [6.45, 7) is 3.14. The third kappa shape index (κ3) is 3.89. The Balaban J connectivity index is 2.14. The minimum absolute atomic E-state index is 0.294. The van der Waals surface area contributed by atoms with E-state index in [2.05, 4.69) is 0 Å². The van der Waals surface area contributed by atoms with Crippen LogP contribution in [0, 0.1) is 0 Å². The Morgan fingerprint density at radius 2 is 1.48 bits per heavy atom. The molecular weight excluding hydrogens is 420 g/mol. The molecule has 0 aliphatic rings. The highest BCUT2D eigenvalue weighted by Gasteiger charge is 2.49. The van der Waals surface area contributed by atoms with Crippen molar-refractivity contribution in [3.63, 3.8) is 0 Å². The van der Waals surface area contributed by atoms with E-state index in [4.69, 9.17) is 0 Å². The molecule has 27 heavy (non-hydrogen) atoms. The second-order valence-electron chi connectivity index (χ2n) is 6.66. The lowest BCUT2D eigenvalue weighted by Gasteiger charge is -2.30. The van der Waals surface area contributed by atoms with E-state index < -0.39 is 29.0 Å². The van der Waals surface area contributed by atoms with Gasteiger partial charge >= 0.3 is 0 Å². The number of benzene rings is 1. The zero-order chi connectivity index (χ0) is 19.7. The first kappa shape index (κ1) is 20.3. The Kier molecular flexibility index (Phi) is 5.63. The van der Waals surface area contributed by atoms with Crippen LogP contribution in [-0.4, -0.2) is 16.8 Å². The van der Waals surface area contributed by atoms with E-state index in [1.807, 2.05) is 0 Å². The first-order valence-electron chi connectivity index (χ1n) is 8.22. The molecule has 0 saturated carbocycles. The quantitative estimate of drug-likeness (QED) is 0.530. The normalized spacial score (nSPS) is 14.1. The second-order valence-corrected chi connectivity index (χ2v) is 13.6. The SMILES string of the molecule is CC(C)(c1ccccc1)S(=O)(=O)C(c1cccs1)S(=O)(=O)Cc1cccs1. The van der Waals surface area contributed by atoms with Crippen molar-refractivity contribution in [2.45, 2.75) is 28.9 Å². The van der Waals surface area contributed by atoms with Gasteiger partial charge in [-0.1, -0.05) is 42.5 Å². The van der Waals surface area contributed by atoms with Crippen molar-refractivity contribution in [2.24, 2.45) is 0 Å². The molecular formula is C19H20O4S4. The van der Waals surface area contributed by atoms with E-state index in [1.54, 1.807) is 79.2 Å². The summed E-state index contributed by atoms with van der Waals surface area (Å²) in [7, 11) is -8.09. The number of hydrogen-bond donors (Lipinski definition) is 0. The van der Waals surface area contributed by atoms with Crippen molar-refractivity contribution < 1.29 is 16.8 Å². The molecule has 1 unspecified atom stereocenters. The van der Waals surface area contributed by atoms with Gasteiger partial charge in [-0.25, -0.2) is 16.8 Å². The van der Waals surface area contributed by atoms with Crippen molar-refractivity contribution in [1.29, 1.82) is 0 Å². The van der Waals surface area contributed by atoms with Crippen LogP contribution in [0.1, 0.15) is 33.7 Å². The Morgan fingerprint density at radius 3 is 2.04 bits per heavy atom. The fraction of sp³-hybridized carbons (Fsp3) is 0.263. The molecule has 3 rings (SSSR count). The third-order valence-electron chi connectivity index (χ3n) is 4.49. The Hall–Kier alpha value is -1.48. The smallest absolute Gasteiger partial charge is 0.198 e. The van der Waals surface area contributed by atoms with E-state index in [0.29, 0.717) is 15.3 Å². The average molecular weight is 441 g/mol. The number of rotatable bonds is 7. The molecule has 1 aromatic carbocycles. The summed E-state index contributed by atoms with van der Waals surface area (Å²) in [6.07, 6.45) is 0. The zero-order valence-corrected chi connectivity index (χ0v) is 18.2. The van der Waals surface area contributed by atoms with Crippen LogP contribution in [0.25, 0.3) is 0 Å². The topological polar surface area (TPSA) is 68.3 Å². The van der Waals surface area contributed by atoms with Gasteiger partial charge in [0.15, 0.2) is 24.3 Å². The van der Waals surface area contributed by atoms with Crippen molar-refractivity contribution in [3.8, 4) is 0 Å². The summed E-state index contributed by atoms with van der Waals surface area (Å²) in [4.78, 5) is 0.958. The largest absolute Gasteiger partial charge is 0.227 e. The van der Waals surface area contributed by atoms with Gasteiger partial charge in [-0.3, -0.25) is 0 Å². The third-order valence-corrected chi connectivity index (χ3v) is 12.5. The van der Waals surface area contributed by atoms with E-state index >= 15 is 0 Å². The highest BCUT2D eigenvalue weighted by molar-refractivity contribution is 8.08. The van der Waals surface area contributed by atoms with Crippen LogP contribution in [0.3, 0.4) is 0 Å². The molecule has 2 heterocycles. The summed E-state index contributed by atoms with van der Waals surface area (Å²) in [6, 6.07) is 15.5. The molecule has 0 aliphatic carbocycles. The van der Waals surface area contributed by atoms with Gasteiger partial charge in [0.05, 0.1) is 10.5 Å². The fourth-order valence-corrected chi connectivity index (χ4v) is 10.8. The summed E-state index contributed by atoms with van der Waals surface area (Å²) >= 11 is 2.46. The van der Waals surface area contributed by atoms with Crippen LogP contribution >= 0.6 is 22.7 Å². The molecule has 0 N–H and O–H groups in total. The summed E-state index contributed by atoms with van der Waals surface area (Å²) in [5.41, 5.74) is 0.567. The molecule has 4 nitrogen and oxygen atoms in total. The highest BCUT2D eigenvalue weighted by atomic mass is 32.3. The molecule has 0 bridgehead atoms. The van der Waals surface area contributed by atoms with Gasteiger partial charge in [0, 0.05) is 9.75 Å². The van der Waals surface area contributed by atoms with Crippen LogP contribution in [0.5, 0.6) is 0 Å². The van der Waals surface area contributed by atoms with E-state index in [1.165, 1.54) is 11.3 Å². The lowest BCUT2D eigenvalue weighted by Crippen LogP contribution is -2.37. The zero-order valence-electron chi connectivity index (χ0n) is 14.9. The Bertz CT molecular complexity index is 1080. The number of thiophene rings is 2. The molecule has 0 amide bonds. The van der Waals surface area contributed by atoms with Gasteiger partial charge < -0.3 is 0 Å². The first-order chi connectivity index (χ1) is 12.7. The van der Waals surface area contributed by atoms with Crippen LogP contribution in [0.15, 0.2) is 65.4 Å². The molecule has 1 atom stereocenters. The molecule has 144 valence electrons. The summed E-state index contributed by atoms with van der Waals surface area (Å²) < 4.78 is 50.9. The lowest BCUT2D eigenvalue weighted by atomic mass is 10.0. The molecule has 0 saturated heterocycles. The number of sulfone groups is 2. The van der Waals surface area contributed by atoms with Gasteiger partial charge in [-0.2, -0.15) is 0 Å². The summed E-state index contributed by atoms with van der Waals surface area (Å²) in [5.74, 6) is -0.294. The molecule has 3 aromatic rings. The average Bonchev–Trinajstić information content (AvgIpc) is 3.29. The molecule has 0 radical (unpaired) electrons. The maximum absolute atomic E-state index is 13.7. The standard InChI is InChI=1S/C19H20O4S4/c1-19(2,15-8-4-3-5-9-15)27(22,23)18(17-11-7-13-25-17)26(20,21)14-16-10-6-12-24-16/h3-13,18H,14H2,1-2H3. The van der Waals surface area contributed by atoms with Crippen LogP contribution in [0.2, 0.25) is 0 Å². The monoisotopic (exact) mass is 440 g/mol. The predicted molar refractivity (Wildman–Crippen MR) is 112 cm³/mol. The molecule has 8 heteroatoms. The highest BCUT2D eigenvalue weighted by Crippen LogP contribution is 2.44. The number of hydrogen-bond acceptors (Lipinski definition) is 6. The van der Waals surface area contributed by atoms with E-state index in [-0.39, 0.29) is 5.75 Å². The van der Waals surface area contributed by atoms with Gasteiger partial charge in [0.25, 0.3) is 0 Å². The Labute approximate surface area is 168 Å². The van der Waals surface area contributed by atoms with Crippen molar-refractivity contribution in [2.75, 3.05) is 0 Å². The van der Waals surface area contributed by atoms with Crippen molar-refractivity contribution in [1.82, 2.24) is 0 Å². The maximum atomic E-state index is 13.7. The predicted octanol–water partition coefficient (Wildman–Crippen LogP) is 4.77.